The van der Waals surface area contributed by atoms with Gasteiger partial charge in [0.1, 0.15) is 5.54 Å². The van der Waals surface area contributed by atoms with Crippen LogP contribution in [0.1, 0.15) is 58.6 Å². The van der Waals surface area contributed by atoms with Crippen LogP contribution in [-0.2, 0) is 15.1 Å². The first kappa shape index (κ1) is 17.7. The molecule has 0 saturated heterocycles. The third-order valence-corrected chi connectivity index (χ3v) is 3.70. The topological polar surface area (TPSA) is 38.3 Å². The zero-order valence-electron chi connectivity index (χ0n) is 14.2. The predicted molar refractivity (Wildman–Crippen MR) is 87.4 cm³/mol. The lowest BCUT2D eigenvalue weighted by molar-refractivity contribution is -0.151. The van der Waals surface area contributed by atoms with E-state index in [4.69, 9.17) is 4.74 Å². The second-order valence-electron chi connectivity index (χ2n) is 6.40. The molecule has 118 valence electrons. The van der Waals surface area contributed by atoms with E-state index in [1.165, 1.54) is 5.56 Å². The molecule has 1 atom stereocenters. The zero-order valence-corrected chi connectivity index (χ0v) is 14.2. The van der Waals surface area contributed by atoms with Crippen molar-refractivity contribution in [2.24, 2.45) is 5.92 Å². The Balaban J connectivity index is 3.07. The van der Waals surface area contributed by atoms with Crippen LogP contribution in [0.4, 0.5) is 0 Å². The Morgan fingerprint density at radius 1 is 1.19 bits per heavy atom. The molecule has 0 aliphatic rings. The molecular formula is C18H29NO2. The van der Waals surface area contributed by atoms with Gasteiger partial charge in [0.25, 0.3) is 0 Å². The number of ether oxygens (including phenoxy) is 1. The fourth-order valence-corrected chi connectivity index (χ4v) is 2.18. The molecule has 0 saturated carbocycles. The van der Waals surface area contributed by atoms with Crippen LogP contribution >= 0.6 is 0 Å². The maximum Gasteiger partial charge on any atom is 0.330 e. The SMILES string of the molecule is CCOC(=O)C(C)(NCC(C)C)c1ccc(C(C)C)cc1. The molecule has 0 aliphatic carbocycles. The second-order valence-corrected chi connectivity index (χ2v) is 6.40. The number of rotatable bonds is 7. The van der Waals surface area contributed by atoms with E-state index in [9.17, 15) is 4.79 Å². The smallest absolute Gasteiger partial charge is 0.330 e. The number of hydrogen-bond donors (Lipinski definition) is 1. The van der Waals surface area contributed by atoms with Crippen LogP contribution in [-0.4, -0.2) is 19.1 Å². The summed E-state index contributed by atoms with van der Waals surface area (Å²) in [6.07, 6.45) is 0. The van der Waals surface area contributed by atoms with E-state index in [2.05, 4.69) is 45.1 Å². The van der Waals surface area contributed by atoms with E-state index < -0.39 is 5.54 Å². The fourth-order valence-electron chi connectivity index (χ4n) is 2.18. The van der Waals surface area contributed by atoms with Crippen molar-refractivity contribution in [3.63, 3.8) is 0 Å². The van der Waals surface area contributed by atoms with Crippen molar-refractivity contribution < 1.29 is 9.53 Å². The van der Waals surface area contributed by atoms with Gasteiger partial charge in [0.05, 0.1) is 6.61 Å². The molecule has 0 fully saturated rings. The van der Waals surface area contributed by atoms with Gasteiger partial charge >= 0.3 is 5.97 Å². The third-order valence-electron chi connectivity index (χ3n) is 3.70. The van der Waals surface area contributed by atoms with Crippen LogP contribution in [0.2, 0.25) is 0 Å². The minimum atomic E-state index is -0.796. The first-order chi connectivity index (χ1) is 9.81. The van der Waals surface area contributed by atoms with Crippen molar-refractivity contribution in [1.82, 2.24) is 5.32 Å². The third kappa shape index (κ3) is 4.57. The summed E-state index contributed by atoms with van der Waals surface area (Å²) in [4.78, 5) is 12.4. The Hall–Kier alpha value is -1.35. The van der Waals surface area contributed by atoms with Crippen molar-refractivity contribution in [2.45, 2.75) is 53.0 Å². The summed E-state index contributed by atoms with van der Waals surface area (Å²) < 4.78 is 5.27. The van der Waals surface area contributed by atoms with E-state index in [-0.39, 0.29) is 5.97 Å². The normalized spacial score (nSPS) is 14.3. The standard InChI is InChI=1S/C18H29NO2/c1-7-21-17(20)18(6,19-12-13(2)3)16-10-8-15(9-11-16)14(4)5/h8-11,13-14,19H,7,12H2,1-6H3. The molecule has 0 radical (unpaired) electrons. The quantitative estimate of drug-likeness (QED) is 0.776. The molecule has 0 heterocycles. The van der Waals surface area contributed by atoms with Crippen molar-refractivity contribution in [2.75, 3.05) is 13.2 Å². The number of hydrogen-bond acceptors (Lipinski definition) is 3. The number of nitrogens with one attached hydrogen (secondary N) is 1. The Labute approximate surface area is 129 Å². The summed E-state index contributed by atoms with van der Waals surface area (Å²) in [5, 5.41) is 3.37. The van der Waals surface area contributed by atoms with Gasteiger partial charge in [0.2, 0.25) is 0 Å². The first-order valence-corrected chi connectivity index (χ1v) is 7.84. The van der Waals surface area contributed by atoms with Crippen LogP contribution in [0.3, 0.4) is 0 Å². The first-order valence-electron chi connectivity index (χ1n) is 7.84. The van der Waals surface area contributed by atoms with Crippen LogP contribution in [0.25, 0.3) is 0 Å². The lowest BCUT2D eigenvalue weighted by Gasteiger charge is -2.30. The highest BCUT2D eigenvalue weighted by Crippen LogP contribution is 2.25. The molecule has 0 spiro atoms. The molecule has 3 heteroatoms. The second kappa shape index (κ2) is 7.60. The van der Waals surface area contributed by atoms with Gasteiger partial charge in [0, 0.05) is 0 Å². The molecule has 0 aromatic heterocycles. The highest BCUT2D eigenvalue weighted by molar-refractivity contribution is 5.82. The molecule has 1 aromatic rings. The molecule has 1 unspecified atom stereocenters. The maximum atomic E-state index is 12.4. The summed E-state index contributed by atoms with van der Waals surface area (Å²) in [6.45, 7) is 13.5. The number of carbonyl (C=O) groups excluding carboxylic acids is 1. The van der Waals surface area contributed by atoms with Gasteiger partial charge < -0.3 is 4.74 Å². The van der Waals surface area contributed by atoms with E-state index in [0.29, 0.717) is 18.4 Å². The van der Waals surface area contributed by atoms with Gasteiger partial charge in [0.15, 0.2) is 0 Å². The van der Waals surface area contributed by atoms with E-state index >= 15 is 0 Å². The van der Waals surface area contributed by atoms with E-state index in [1.807, 2.05) is 26.0 Å². The lowest BCUT2D eigenvalue weighted by Crippen LogP contribution is -2.49. The van der Waals surface area contributed by atoms with Crippen molar-refractivity contribution in [1.29, 1.82) is 0 Å². The van der Waals surface area contributed by atoms with Gasteiger partial charge in [-0.1, -0.05) is 52.0 Å². The summed E-state index contributed by atoms with van der Waals surface area (Å²) in [5.41, 5.74) is 1.43. The van der Waals surface area contributed by atoms with Gasteiger partial charge in [-0.25, -0.2) is 4.79 Å². The van der Waals surface area contributed by atoms with Crippen LogP contribution in [0.15, 0.2) is 24.3 Å². The predicted octanol–water partition coefficient (Wildman–Crippen LogP) is 3.83. The molecular weight excluding hydrogens is 262 g/mol. The summed E-state index contributed by atoms with van der Waals surface area (Å²) >= 11 is 0. The van der Waals surface area contributed by atoms with Gasteiger partial charge in [-0.15, -0.1) is 0 Å². The molecule has 0 aliphatic heterocycles. The minimum absolute atomic E-state index is 0.219. The van der Waals surface area contributed by atoms with Crippen LogP contribution in [0.5, 0.6) is 0 Å². The average molecular weight is 291 g/mol. The summed E-state index contributed by atoms with van der Waals surface area (Å²) in [5.74, 6) is 0.730. The lowest BCUT2D eigenvalue weighted by atomic mass is 9.89. The summed E-state index contributed by atoms with van der Waals surface area (Å²) in [6, 6.07) is 8.24. The van der Waals surface area contributed by atoms with Gasteiger partial charge in [-0.2, -0.15) is 0 Å². The Bertz CT molecular complexity index is 451. The van der Waals surface area contributed by atoms with Crippen molar-refractivity contribution in [3.05, 3.63) is 35.4 Å². The van der Waals surface area contributed by atoms with Crippen LogP contribution in [0, 0.1) is 5.92 Å². The Morgan fingerprint density at radius 3 is 2.19 bits per heavy atom. The zero-order chi connectivity index (χ0) is 16.0. The Kier molecular flexibility index (Phi) is 6.41. The monoisotopic (exact) mass is 291 g/mol. The molecule has 0 bridgehead atoms. The molecule has 1 aromatic carbocycles. The van der Waals surface area contributed by atoms with E-state index in [0.717, 1.165) is 12.1 Å². The number of benzene rings is 1. The fraction of sp³-hybridized carbons (Fsp3) is 0.611. The minimum Gasteiger partial charge on any atom is -0.464 e. The van der Waals surface area contributed by atoms with Crippen LogP contribution < -0.4 is 5.32 Å². The molecule has 3 nitrogen and oxygen atoms in total. The number of esters is 1. The van der Waals surface area contributed by atoms with Gasteiger partial charge in [-0.3, -0.25) is 5.32 Å². The maximum absolute atomic E-state index is 12.4. The van der Waals surface area contributed by atoms with Crippen molar-refractivity contribution in [3.8, 4) is 0 Å². The van der Waals surface area contributed by atoms with Gasteiger partial charge in [-0.05, 0) is 43.4 Å². The highest BCUT2D eigenvalue weighted by atomic mass is 16.5. The largest absolute Gasteiger partial charge is 0.464 e. The number of carbonyl (C=O) groups is 1. The summed E-state index contributed by atoms with van der Waals surface area (Å²) in [7, 11) is 0. The molecule has 1 N–H and O–H groups in total. The Morgan fingerprint density at radius 2 is 1.76 bits per heavy atom. The van der Waals surface area contributed by atoms with E-state index in [1.54, 1.807) is 0 Å². The molecule has 1 rings (SSSR count). The molecule has 21 heavy (non-hydrogen) atoms. The molecule has 0 amide bonds. The average Bonchev–Trinajstić information content (AvgIpc) is 2.45. The highest BCUT2D eigenvalue weighted by Gasteiger charge is 2.36. The van der Waals surface area contributed by atoms with Crippen molar-refractivity contribution >= 4 is 5.97 Å².